The molecule has 1 rings (SSSR count). The lowest BCUT2D eigenvalue weighted by molar-refractivity contribution is 1.41. The molecule has 1 aromatic carbocycles. The monoisotopic (exact) mass is 196 g/mol. The van der Waals surface area contributed by atoms with Crippen molar-refractivity contribution < 1.29 is 0 Å². The zero-order valence-corrected chi connectivity index (χ0v) is 7.88. The molecule has 1 aromatic rings. The second-order valence-electron chi connectivity index (χ2n) is 2.62. The second kappa shape index (κ2) is 5.21. The minimum absolute atomic E-state index is 0.323. The SMILES string of the molecule is N#Cc1ccc(N=CC=CN)cc1C#N. The van der Waals surface area contributed by atoms with E-state index in [9.17, 15) is 0 Å². The van der Waals surface area contributed by atoms with Crippen LogP contribution < -0.4 is 5.73 Å². The van der Waals surface area contributed by atoms with Gasteiger partial charge in [0.1, 0.15) is 12.1 Å². The first-order valence-corrected chi connectivity index (χ1v) is 4.17. The van der Waals surface area contributed by atoms with Crippen molar-refractivity contribution >= 4 is 11.9 Å². The molecule has 0 fully saturated rings. The van der Waals surface area contributed by atoms with Gasteiger partial charge in [0.25, 0.3) is 0 Å². The smallest absolute Gasteiger partial charge is 0.101 e. The van der Waals surface area contributed by atoms with Crippen molar-refractivity contribution in [1.82, 2.24) is 0 Å². The highest BCUT2D eigenvalue weighted by Gasteiger charge is 2.00. The summed E-state index contributed by atoms with van der Waals surface area (Å²) >= 11 is 0. The molecule has 0 amide bonds. The van der Waals surface area contributed by atoms with Gasteiger partial charge in [-0.15, -0.1) is 0 Å². The minimum atomic E-state index is 0.323. The standard InChI is InChI=1S/C11H8N4/c12-4-1-5-15-11-3-2-9(7-13)10(6-11)8-14/h1-6H,12H2. The highest BCUT2D eigenvalue weighted by atomic mass is 14.7. The van der Waals surface area contributed by atoms with Crippen LogP contribution in [0, 0.1) is 22.7 Å². The van der Waals surface area contributed by atoms with Gasteiger partial charge in [-0.05, 0) is 30.5 Å². The lowest BCUT2D eigenvalue weighted by atomic mass is 10.1. The maximum absolute atomic E-state index is 8.76. The van der Waals surface area contributed by atoms with E-state index in [0.29, 0.717) is 16.8 Å². The van der Waals surface area contributed by atoms with Crippen LogP contribution >= 0.6 is 0 Å². The number of hydrogen-bond acceptors (Lipinski definition) is 4. The maximum atomic E-state index is 8.76. The van der Waals surface area contributed by atoms with Crippen LogP contribution in [-0.2, 0) is 0 Å². The van der Waals surface area contributed by atoms with Crippen LogP contribution in [0.1, 0.15) is 11.1 Å². The molecule has 0 aliphatic rings. The Kier molecular flexibility index (Phi) is 3.64. The first-order chi connectivity index (χ1) is 7.31. The fourth-order valence-corrected chi connectivity index (χ4v) is 0.981. The van der Waals surface area contributed by atoms with Crippen LogP contribution in [0.4, 0.5) is 5.69 Å². The molecule has 0 saturated carbocycles. The summed E-state index contributed by atoms with van der Waals surface area (Å²) in [5.74, 6) is 0. The summed E-state index contributed by atoms with van der Waals surface area (Å²) in [4.78, 5) is 4.03. The Hall–Kier alpha value is -2.59. The minimum Gasteiger partial charge on any atom is -0.405 e. The predicted molar refractivity (Wildman–Crippen MR) is 57.4 cm³/mol. The third-order valence-corrected chi connectivity index (χ3v) is 1.66. The van der Waals surface area contributed by atoms with E-state index in [-0.39, 0.29) is 0 Å². The molecule has 4 heteroatoms. The van der Waals surface area contributed by atoms with E-state index in [1.165, 1.54) is 12.4 Å². The van der Waals surface area contributed by atoms with Crippen LogP contribution in [0.15, 0.2) is 35.5 Å². The van der Waals surface area contributed by atoms with Crippen molar-refractivity contribution in [2.75, 3.05) is 0 Å². The van der Waals surface area contributed by atoms with E-state index < -0.39 is 0 Å². The van der Waals surface area contributed by atoms with Crippen LogP contribution in [0.2, 0.25) is 0 Å². The Balaban J connectivity index is 3.06. The van der Waals surface area contributed by atoms with Crippen LogP contribution in [0.25, 0.3) is 0 Å². The number of nitrogens with two attached hydrogens (primary N) is 1. The fourth-order valence-electron chi connectivity index (χ4n) is 0.981. The van der Waals surface area contributed by atoms with Crippen molar-refractivity contribution in [2.24, 2.45) is 10.7 Å². The Labute approximate surface area is 87.6 Å². The van der Waals surface area contributed by atoms with Gasteiger partial charge in [-0.3, -0.25) is 4.99 Å². The zero-order chi connectivity index (χ0) is 11.1. The molecular weight excluding hydrogens is 188 g/mol. The number of aliphatic imine (C=N–C) groups is 1. The van der Waals surface area contributed by atoms with Crippen LogP contribution in [-0.4, -0.2) is 6.21 Å². The van der Waals surface area contributed by atoms with E-state index >= 15 is 0 Å². The topological polar surface area (TPSA) is 86.0 Å². The Morgan fingerprint density at radius 1 is 1.20 bits per heavy atom. The van der Waals surface area contributed by atoms with Gasteiger partial charge in [0.05, 0.1) is 16.8 Å². The van der Waals surface area contributed by atoms with E-state index in [2.05, 4.69) is 4.99 Å². The van der Waals surface area contributed by atoms with Crippen LogP contribution in [0.5, 0.6) is 0 Å². The first kappa shape index (κ1) is 10.5. The normalized spacial score (nSPS) is 10.3. The van der Waals surface area contributed by atoms with Gasteiger partial charge in [0.2, 0.25) is 0 Å². The summed E-state index contributed by atoms with van der Waals surface area (Å²) in [7, 11) is 0. The van der Waals surface area contributed by atoms with Gasteiger partial charge in [-0.25, -0.2) is 0 Å². The fraction of sp³-hybridized carbons (Fsp3) is 0. The molecule has 0 aromatic heterocycles. The number of nitriles is 2. The number of rotatable bonds is 2. The summed E-state index contributed by atoms with van der Waals surface area (Å²) in [6, 6.07) is 8.66. The van der Waals surface area contributed by atoms with Crippen molar-refractivity contribution in [1.29, 1.82) is 10.5 Å². The van der Waals surface area contributed by atoms with Gasteiger partial charge in [0.15, 0.2) is 0 Å². The highest BCUT2D eigenvalue weighted by Crippen LogP contribution is 2.16. The second-order valence-corrected chi connectivity index (χ2v) is 2.62. The third-order valence-electron chi connectivity index (χ3n) is 1.66. The number of nitrogens with zero attached hydrogens (tertiary/aromatic N) is 3. The average molecular weight is 196 g/mol. The number of allylic oxidation sites excluding steroid dienone is 1. The van der Waals surface area contributed by atoms with Gasteiger partial charge in [0, 0.05) is 6.21 Å². The van der Waals surface area contributed by atoms with Crippen LogP contribution in [0.3, 0.4) is 0 Å². The molecule has 0 radical (unpaired) electrons. The Morgan fingerprint density at radius 2 is 1.93 bits per heavy atom. The first-order valence-electron chi connectivity index (χ1n) is 4.17. The van der Waals surface area contributed by atoms with Gasteiger partial charge < -0.3 is 5.73 Å². The zero-order valence-electron chi connectivity index (χ0n) is 7.88. The largest absolute Gasteiger partial charge is 0.405 e. The number of benzene rings is 1. The lowest BCUT2D eigenvalue weighted by Gasteiger charge is -1.95. The average Bonchev–Trinajstić information content (AvgIpc) is 2.29. The Bertz CT molecular complexity index is 486. The maximum Gasteiger partial charge on any atom is 0.101 e. The van der Waals surface area contributed by atoms with Gasteiger partial charge in [-0.1, -0.05) is 0 Å². The molecule has 0 atom stereocenters. The number of hydrogen-bond donors (Lipinski definition) is 1. The predicted octanol–water partition coefficient (Wildman–Crippen LogP) is 1.60. The molecule has 2 N–H and O–H groups in total. The van der Waals surface area contributed by atoms with Gasteiger partial charge in [-0.2, -0.15) is 10.5 Å². The van der Waals surface area contributed by atoms with E-state index in [0.717, 1.165) is 0 Å². The van der Waals surface area contributed by atoms with Gasteiger partial charge >= 0.3 is 0 Å². The van der Waals surface area contributed by atoms with Crippen molar-refractivity contribution in [3.05, 3.63) is 41.6 Å². The molecule has 0 bridgehead atoms. The molecule has 72 valence electrons. The molecule has 0 aliphatic heterocycles. The van der Waals surface area contributed by atoms with E-state index in [1.807, 2.05) is 12.1 Å². The molecular formula is C11H8N4. The molecule has 0 heterocycles. The summed E-state index contributed by atoms with van der Waals surface area (Å²) in [6.45, 7) is 0. The molecule has 4 nitrogen and oxygen atoms in total. The van der Waals surface area contributed by atoms with E-state index in [4.69, 9.17) is 16.3 Å². The molecule has 0 unspecified atom stereocenters. The summed E-state index contributed by atoms with van der Waals surface area (Å²) in [6.07, 6.45) is 4.45. The quantitative estimate of drug-likeness (QED) is 0.729. The summed E-state index contributed by atoms with van der Waals surface area (Å²) in [5, 5.41) is 17.4. The lowest BCUT2D eigenvalue weighted by Crippen LogP contribution is -1.82. The molecule has 15 heavy (non-hydrogen) atoms. The van der Waals surface area contributed by atoms with Crippen molar-refractivity contribution in [3.8, 4) is 12.1 Å². The molecule has 0 spiro atoms. The molecule has 0 aliphatic carbocycles. The van der Waals surface area contributed by atoms with Crippen molar-refractivity contribution in [3.63, 3.8) is 0 Å². The van der Waals surface area contributed by atoms with Crippen molar-refractivity contribution in [2.45, 2.75) is 0 Å². The third kappa shape index (κ3) is 2.68. The summed E-state index contributed by atoms with van der Waals surface area (Å²) < 4.78 is 0. The van der Waals surface area contributed by atoms with E-state index in [1.54, 1.807) is 24.3 Å². The molecule has 0 saturated heterocycles. The highest BCUT2D eigenvalue weighted by molar-refractivity contribution is 5.74. The summed E-state index contributed by atoms with van der Waals surface area (Å²) in [5.41, 5.74) is 6.42. The Morgan fingerprint density at radius 3 is 2.53 bits per heavy atom.